The summed E-state index contributed by atoms with van der Waals surface area (Å²) >= 11 is 13.4. The van der Waals surface area contributed by atoms with E-state index in [9.17, 15) is 13.2 Å². The molecule has 2 aromatic carbocycles. The molecule has 0 spiro atoms. The third-order valence-corrected chi connectivity index (χ3v) is 7.69. The molecule has 0 fully saturated rings. The third-order valence-electron chi connectivity index (χ3n) is 4.32. The number of hydrogen-bond donors (Lipinski definition) is 2. The topological polar surface area (TPSA) is 87.6 Å². The Hall–Kier alpha value is -1.74. The van der Waals surface area contributed by atoms with Crippen LogP contribution in [-0.2, 0) is 14.8 Å². The minimum atomic E-state index is -3.77. The van der Waals surface area contributed by atoms with Crippen LogP contribution in [0.25, 0.3) is 0 Å². The van der Waals surface area contributed by atoms with E-state index < -0.39 is 10.0 Å². The molecule has 2 N–H and O–H groups in total. The van der Waals surface area contributed by atoms with E-state index in [-0.39, 0.29) is 16.6 Å². The van der Waals surface area contributed by atoms with Crippen LogP contribution in [0.4, 0.5) is 5.69 Å². The highest BCUT2D eigenvalue weighted by atomic mass is 35.5. The number of aliphatic imine (C=N–C) groups is 1. The molecule has 0 radical (unpaired) electrons. The number of carbonyl (C=O) groups excluding carboxylic acids is 1. The van der Waals surface area contributed by atoms with Gasteiger partial charge in [0, 0.05) is 23.5 Å². The van der Waals surface area contributed by atoms with Crippen LogP contribution in [0.1, 0.15) is 25.7 Å². The fourth-order valence-electron chi connectivity index (χ4n) is 2.87. The number of carbonyl (C=O) groups is 1. The van der Waals surface area contributed by atoms with Crippen molar-refractivity contribution in [1.82, 2.24) is 4.72 Å². The van der Waals surface area contributed by atoms with Gasteiger partial charge in [-0.1, -0.05) is 41.8 Å². The van der Waals surface area contributed by atoms with Crippen LogP contribution < -0.4 is 10.0 Å². The molecule has 1 aliphatic heterocycles. The van der Waals surface area contributed by atoms with Crippen molar-refractivity contribution in [1.29, 1.82) is 0 Å². The molecule has 2 aromatic rings. The minimum absolute atomic E-state index is 0.0639. The first-order chi connectivity index (χ1) is 14.3. The fourth-order valence-corrected chi connectivity index (χ4v) is 5.49. The van der Waals surface area contributed by atoms with Gasteiger partial charge < -0.3 is 5.32 Å². The third kappa shape index (κ3) is 6.38. The molecule has 30 heavy (non-hydrogen) atoms. The lowest BCUT2D eigenvalue weighted by Gasteiger charge is -2.11. The summed E-state index contributed by atoms with van der Waals surface area (Å²) in [4.78, 5) is 17.3. The van der Waals surface area contributed by atoms with Crippen molar-refractivity contribution in [2.45, 2.75) is 35.5 Å². The largest absolute Gasteiger partial charge is 0.325 e. The van der Waals surface area contributed by atoms with E-state index in [2.05, 4.69) is 15.0 Å². The van der Waals surface area contributed by atoms with Crippen LogP contribution in [0.2, 0.25) is 10.0 Å². The molecule has 1 amide bonds. The van der Waals surface area contributed by atoms with Gasteiger partial charge in [0.15, 0.2) is 0 Å². The highest BCUT2D eigenvalue weighted by Gasteiger charge is 2.18. The van der Waals surface area contributed by atoms with Crippen LogP contribution in [0.3, 0.4) is 0 Å². The molecule has 0 unspecified atom stereocenters. The van der Waals surface area contributed by atoms with Crippen LogP contribution in [0, 0.1) is 0 Å². The Labute approximate surface area is 190 Å². The van der Waals surface area contributed by atoms with Crippen molar-refractivity contribution < 1.29 is 13.2 Å². The van der Waals surface area contributed by atoms with Crippen LogP contribution in [0.15, 0.2) is 57.2 Å². The average molecular weight is 486 g/mol. The van der Waals surface area contributed by atoms with Crippen molar-refractivity contribution in [3.63, 3.8) is 0 Å². The van der Waals surface area contributed by atoms with Gasteiger partial charge in [-0.2, -0.15) is 0 Å². The molecule has 1 heterocycles. The maximum atomic E-state index is 12.7. The minimum Gasteiger partial charge on any atom is -0.325 e. The van der Waals surface area contributed by atoms with E-state index in [0.717, 1.165) is 19.3 Å². The first-order valence-electron chi connectivity index (χ1n) is 9.38. The molecular formula is C20H21Cl2N3O3S2. The summed E-state index contributed by atoms with van der Waals surface area (Å²) in [6.07, 6.45) is 3.51. The molecule has 0 aromatic heterocycles. The van der Waals surface area contributed by atoms with Gasteiger partial charge >= 0.3 is 0 Å². The summed E-state index contributed by atoms with van der Waals surface area (Å²) in [5, 5.41) is 3.65. The number of nitrogens with zero attached hydrogens (tertiary/aromatic N) is 1. The Balaban J connectivity index is 1.64. The maximum Gasteiger partial charge on any atom is 0.262 e. The summed E-state index contributed by atoms with van der Waals surface area (Å²) in [5.74, 6) is 0.261. The normalized spacial score (nSPS) is 14.5. The summed E-state index contributed by atoms with van der Waals surface area (Å²) < 4.78 is 28.0. The predicted octanol–water partition coefficient (Wildman–Crippen LogP) is 4.98. The number of benzene rings is 2. The van der Waals surface area contributed by atoms with Gasteiger partial charge in [0.25, 0.3) is 10.0 Å². The number of hydrogen-bond acceptors (Lipinski definition) is 5. The van der Waals surface area contributed by atoms with E-state index >= 15 is 0 Å². The monoisotopic (exact) mass is 485 g/mol. The molecule has 0 saturated heterocycles. The zero-order valence-corrected chi connectivity index (χ0v) is 19.2. The number of rotatable bonds is 6. The Morgan fingerprint density at radius 3 is 2.57 bits per heavy atom. The molecule has 0 saturated carbocycles. The number of amides is 1. The lowest BCUT2D eigenvalue weighted by Crippen LogP contribution is -2.30. The number of sulfonamides is 1. The zero-order chi connectivity index (χ0) is 21.6. The Kier molecular flexibility index (Phi) is 8.05. The number of anilines is 1. The van der Waals surface area contributed by atoms with Gasteiger partial charge in [-0.15, -0.1) is 11.8 Å². The first kappa shape index (κ1) is 22.9. The molecule has 0 bridgehead atoms. The molecular weight excluding hydrogens is 465 g/mol. The summed E-state index contributed by atoms with van der Waals surface area (Å²) in [7, 11) is -3.77. The predicted molar refractivity (Wildman–Crippen MR) is 123 cm³/mol. The van der Waals surface area contributed by atoms with Crippen molar-refractivity contribution in [2.75, 3.05) is 17.6 Å². The molecule has 0 atom stereocenters. The number of amidine groups is 1. The van der Waals surface area contributed by atoms with Gasteiger partial charge in [0.05, 0.1) is 20.7 Å². The highest BCUT2D eigenvalue weighted by Crippen LogP contribution is 2.33. The van der Waals surface area contributed by atoms with Gasteiger partial charge in [-0.3, -0.25) is 14.5 Å². The van der Waals surface area contributed by atoms with Gasteiger partial charge in [0.1, 0.15) is 5.84 Å². The summed E-state index contributed by atoms with van der Waals surface area (Å²) in [6.45, 7) is 0.626. The molecule has 160 valence electrons. The van der Waals surface area contributed by atoms with Crippen molar-refractivity contribution in [3.8, 4) is 0 Å². The zero-order valence-electron chi connectivity index (χ0n) is 16.0. The molecule has 10 heteroatoms. The van der Waals surface area contributed by atoms with E-state index in [1.54, 1.807) is 30.3 Å². The Morgan fingerprint density at radius 1 is 1.07 bits per heavy atom. The van der Waals surface area contributed by atoms with Gasteiger partial charge in [-0.25, -0.2) is 8.42 Å². The van der Waals surface area contributed by atoms with E-state index in [0.29, 0.717) is 39.4 Å². The second-order valence-corrected chi connectivity index (χ2v) is 10.1. The van der Waals surface area contributed by atoms with Crippen LogP contribution in [0.5, 0.6) is 0 Å². The average Bonchev–Trinajstić information content (AvgIpc) is 2.96. The van der Waals surface area contributed by atoms with Crippen molar-refractivity contribution >= 4 is 62.4 Å². The first-order valence-corrected chi connectivity index (χ1v) is 12.6. The number of nitrogens with one attached hydrogen (secondary N) is 2. The Morgan fingerprint density at radius 2 is 1.80 bits per heavy atom. The van der Waals surface area contributed by atoms with Crippen molar-refractivity contribution in [2.24, 2.45) is 4.99 Å². The van der Waals surface area contributed by atoms with E-state index in [1.807, 2.05) is 0 Å². The Bertz CT molecular complexity index is 1040. The number of thioether (sulfide) groups is 1. The molecule has 0 aliphatic carbocycles. The van der Waals surface area contributed by atoms with Crippen molar-refractivity contribution in [3.05, 3.63) is 52.5 Å². The summed E-state index contributed by atoms with van der Waals surface area (Å²) in [5.41, 5.74) is 0.386. The van der Waals surface area contributed by atoms with E-state index in [1.165, 1.54) is 23.9 Å². The second kappa shape index (κ2) is 10.5. The van der Waals surface area contributed by atoms with Crippen LogP contribution in [-0.4, -0.2) is 32.5 Å². The molecule has 3 rings (SSSR count). The lowest BCUT2D eigenvalue weighted by atomic mass is 10.2. The number of halogens is 2. The standard InChI is InChI=1S/C20H21Cl2N3O3S2/c21-16-8-5-9-17(22)20(16)29-13-19(26)24-14-6-4-7-15(12-14)30(27,28)25-18-10-2-1-3-11-23-18/h4-9,12H,1-3,10-11,13H2,(H,23,25)(H,24,26). The SMILES string of the molecule is O=C(CSc1c(Cl)cccc1Cl)Nc1cccc(S(=O)(=O)NC2=NCCCCC2)c1. The maximum absolute atomic E-state index is 12.7. The fraction of sp³-hybridized carbons (Fsp3) is 0.300. The smallest absolute Gasteiger partial charge is 0.262 e. The molecule has 6 nitrogen and oxygen atoms in total. The van der Waals surface area contributed by atoms with Crippen LogP contribution >= 0.6 is 35.0 Å². The highest BCUT2D eigenvalue weighted by molar-refractivity contribution is 8.00. The lowest BCUT2D eigenvalue weighted by molar-refractivity contribution is -0.113. The summed E-state index contributed by atoms with van der Waals surface area (Å²) in [6, 6.07) is 11.2. The van der Waals surface area contributed by atoms with Gasteiger partial charge in [-0.05, 0) is 43.2 Å². The van der Waals surface area contributed by atoms with E-state index in [4.69, 9.17) is 23.2 Å². The molecule has 1 aliphatic rings. The second-order valence-electron chi connectivity index (χ2n) is 6.66. The van der Waals surface area contributed by atoms with Gasteiger partial charge in [0.2, 0.25) is 5.91 Å². The quantitative estimate of drug-likeness (QED) is 0.564.